The summed E-state index contributed by atoms with van der Waals surface area (Å²) in [7, 11) is 1.71. The summed E-state index contributed by atoms with van der Waals surface area (Å²) in [6, 6.07) is 0. The molecule has 7 heteroatoms. The normalized spacial score (nSPS) is 13.7. The molecule has 0 saturated carbocycles. The van der Waals surface area contributed by atoms with E-state index in [0.717, 1.165) is 32.3 Å². The lowest BCUT2D eigenvalue weighted by molar-refractivity contribution is -0.0734. The van der Waals surface area contributed by atoms with Gasteiger partial charge in [-0.25, -0.2) is 4.79 Å². The summed E-state index contributed by atoms with van der Waals surface area (Å²) in [6.07, 6.45) is 33.6. The highest BCUT2D eigenvalue weighted by Crippen LogP contribution is 2.23. The standard InChI is InChI=1S/C44H89NO6/c1-8-11-13-15-17-19-21-23-25-27-29-31-35-48-40-41(49-36-32-30-28-26-24-22-20-18-16-14-12-9-2)39-45-42(46)51-43(4,5)33-38-50-44(6,10-3)34-37-47-7/h41H,8-40H2,1-7H3,(H,45,46). The van der Waals surface area contributed by atoms with E-state index in [1.165, 1.54) is 141 Å². The summed E-state index contributed by atoms with van der Waals surface area (Å²) >= 11 is 0. The molecule has 306 valence electrons. The minimum atomic E-state index is -0.642. The van der Waals surface area contributed by atoms with Gasteiger partial charge in [-0.05, 0) is 46.5 Å². The topological polar surface area (TPSA) is 75.3 Å². The fraction of sp³-hybridized carbons (Fsp3) is 0.977. The molecule has 0 heterocycles. The average Bonchev–Trinajstić information content (AvgIpc) is 3.11. The molecule has 1 amide bonds. The molecular formula is C44H89NO6. The van der Waals surface area contributed by atoms with Gasteiger partial charge in [-0.1, -0.05) is 162 Å². The quantitative estimate of drug-likeness (QED) is 0.0633. The van der Waals surface area contributed by atoms with Gasteiger partial charge < -0.3 is 29.0 Å². The second-order valence-corrected chi connectivity index (χ2v) is 16.0. The number of rotatable bonds is 40. The van der Waals surface area contributed by atoms with Crippen LogP contribution in [0.15, 0.2) is 0 Å². The first kappa shape index (κ1) is 50.1. The Kier molecular flexibility index (Phi) is 35.5. The van der Waals surface area contributed by atoms with Crippen LogP contribution in [0, 0.1) is 0 Å². The van der Waals surface area contributed by atoms with Crippen molar-refractivity contribution in [3.63, 3.8) is 0 Å². The maximum Gasteiger partial charge on any atom is 0.407 e. The SMILES string of the molecule is CCCCCCCCCCCCCCOCC(CNC(=O)OC(C)(C)CCOC(C)(CC)CCOC)OCCCCCCCCCCCCCC. The number of nitrogens with one attached hydrogen (secondary N) is 1. The van der Waals surface area contributed by atoms with E-state index >= 15 is 0 Å². The van der Waals surface area contributed by atoms with Gasteiger partial charge in [-0.2, -0.15) is 0 Å². The number of carbonyl (C=O) groups excluding carboxylic acids is 1. The highest BCUT2D eigenvalue weighted by atomic mass is 16.6. The van der Waals surface area contributed by atoms with Gasteiger partial charge in [0.1, 0.15) is 5.60 Å². The zero-order valence-electron chi connectivity index (χ0n) is 35.4. The maximum atomic E-state index is 12.8. The molecular weight excluding hydrogens is 638 g/mol. The Labute approximate surface area is 318 Å². The third kappa shape index (κ3) is 34.6. The predicted molar refractivity (Wildman–Crippen MR) is 217 cm³/mol. The molecule has 0 aliphatic heterocycles. The number of alkyl carbamates (subject to hydrolysis) is 1. The molecule has 51 heavy (non-hydrogen) atoms. The van der Waals surface area contributed by atoms with Gasteiger partial charge in [-0.15, -0.1) is 0 Å². The fourth-order valence-electron chi connectivity index (χ4n) is 6.37. The molecule has 2 unspecified atom stereocenters. The number of amides is 1. The van der Waals surface area contributed by atoms with E-state index in [1.807, 2.05) is 13.8 Å². The number of ether oxygens (including phenoxy) is 5. The van der Waals surface area contributed by atoms with Crippen molar-refractivity contribution in [1.82, 2.24) is 5.32 Å². The summed E-state index contributed by atoms with van der Waals surface area (Å²) < 4.78 is 29.6. The summed E-state index contributed by atoms with van der Waals surface area (Å²) in [5, 5.41) is 2.96. The zero-order valence-corrected chi connectivity index (χ0v) is 35.4. The van der Waals surface area contributed by atoms with Crippen LogP contribution in [0.4, 0.5) is 4.79 Å². The third-order valence-corrected chi connectivity index (χ3v) is 10.4. The van der Waals surface area contributed by atoms with Gasteiger partial charge >= 0.3 is 6.09 Å². The lowest BCUT2D eigenvalue weighted by Crippen LogP contribution is -2.41. The average molecular weight is 728 g/mol. The van der Waals surface area contributed by atoms with E-state index in [9.17, 15) is 4.79 Å². The molecule has 7 nitrogen and oxygen atoms in total. The van der Waals surface area contributed by atoms with Crippen molar-refractivity contribution in [1.29, 1.82) is 0 Å². The number of carbonyl (C=O) groups is 1. The zero-order chi connectivity index (χ0) is 37.7. The first-order valence-corrected chi connectivity index (χ1v) is 22.0. The van der Waals surface area contributed by atoms with Gasteiger partial charge in [-0.3, -0.25) is 0 Å². The third-order valence-electron chi connectivity index (χ3n) is 10.4. The van der Waals surface area contributed by atoms with Crippen LogP contribution in [0.5, 0.6) is 0 Å². The Hall–Kier alpha value is -0.890. The number of hydrogen-bond donors (Lipinski definition) is 1. The Morgan fingerprint density at radius 1 is 0.569 bits per heavy atom. The van der Waals surface area contributed by atoms with Crippen molar-refractivity contribution in [2.24, 2.45) is 0 Å². The molecule has 0 bridgehead atoms. The maximum absolute atomic E-state index is 12.8. The molecule has 0 aromatic carbocycles. The highest BCUT2D eigenvalue weighted by Gasteiger charge is 2.27. The fourth-order valence-corrected chi connectivity index (χ4v) is 6.37. The van der Waals surface area contributed by atoms with Crippen LogP contribution >= 0.6 is 0 Å². The highest BCUT2D eigenvalue weighted by molar-refractivity contribution is 5.67. The minimum Gasteiger partial charge on any atom is -0.443 e. The molecule has 2 atom stereocenters. The lowest BCUT2D eigenvalue weighted by Gasteiger charge is -2.31. The minimum absolute atomic E-state index is 0.180. The van der Waals surface area contributed by atoms with E-state index in [1.54, 1.807) is 7.11 Å². The van der Waals surface area contributed by atoms with Gasteiger partial charge in [0, 0.05) is 39.9 Å². The molecule has 0 aromatic heterocycles. The van der Waals surface area contributed by atoms with Crippen LogP contribution in [0.3, 0.4) is 0 Å². The number of methoxy groups -OCH3 is 1. The van der Waals surface area contributed by atoms with Crippen LogP contribution in [0.25, 0.3) is 0 Å². The van der Waals surface area contributed by atoms with Crippen molar-refractivity contribution in [3.8, 4) is 0 Å². The van der Waals surface area contributed by atoms with Gasteiger partial charge in [0.15, 0.2) is 0 Å². The van der Waals surface area contributed by atoms with E-state index in [2.05, 4.69) is 33.0 Å². The second kappa shape index (κ2) is 36.1. The van der Waals surface area contributed by atoms with Crippen molar-refractivity contribution in [2.45, 2.75) is 232 Å². The molecule has 1 N–H and O–H groups in total. The van der Waals surface area contributed by atoms with E-state index in [4.69, 9.17) is 23.7 Å². The molecule has 0 rings (SSSR count). The van der Waals surface area contributed by atoms with Crippen LogP contribution in [0.1, 0.15) is 215 Å². The first-order chi connectivity index (χ1) is 24.7. The van der Waals surface area contributed by atoms with Gasteiger partial charge in [0.25, 0.3) is 0 Å². The van der Waals surface area contributed by atoms with E-state index in [0.29, 0.717) is 39.4 Å². The van der Waals surface area contributed by atoms with Gasteiger partial charge in [0.05, 0.1) is 24.9 Å². The second-order valence-electron chi connectivity index (χ2n) is 16.0. The summed E-state index contributed by atoms with van der Waals surface area (Å²) in [5.74, 6) is 0. The summed E-state index contributed by atoms with van der Waals surface area (Å²) in [4.78, 5) is 12.8. The van der Waals surface area contributed by atoms with E-state index < -0.39 is 11.7 Å². The monoisotopic (exact) mass is 728 g/mol. The summed E-state index contributed by atoms with van der Waals surface area (Å²) in [5.41, 5.74) is -0.879. The van der Waals surface area contributed by atoms with E-state index in [-0.39, 0.29) is 11.7 Å². The molecule has 0 saturated heterocycles. The van der Waals surface area contributed by atoms with Crippen LogP contribution < -0.4 is 5.32 Å². The number of unbranched alkanes of at least 4 members (excludes halogenated alkanes) is 22. The van der Waals surface area contributed by atoms with Crippen molar-refractivity contribution in [3.05, 3.63) is 0 Å². The van der Waals surface area contributed by atoms with Crippen molar-refractivity contribution in [2.75, 3.05) is 46.7 Å². The molecule has 0 aliphatic rings. The van der Waals surface area contributed by atoms with Crippen molar-refractivity contribution >= 4 is 6.09 Å². The largest absolute Gasteiger partial charge is 0.443 e. The first-order valence-electron chi connectivity index (χ1n) is 22.0. The molecule has 0 aliphatic carbocycles. The van der Waals surface area contributed by atoms with Crippen molar-refractivity contribution < 1.29 is 28.5 Å². The Bertz CT molecular complexity index is 734. The Balaban J connectivity index is 4.43. The van der Waals surface area contributed by atoms with Crippen LogP contribution in [-0.4, -0.2) is 70.1 Å². The number of hydrogen-bond acceptors (Lipinski definition) is 6. The summed E-state index contributed by atoms with van der Waals surface area (Å²) in [6.45, 7) is 16.2. The molecule has 0 aromatic rings. The van der Waals surface area contributed by atoms with Gasteiger partial charge in [0.2, 0.25) is 0 Å². The predicted octanol–water partition coefficient (Wildman–Crippen LogP) is 12.9. The molecule has 0 spiro atoms. The Morgan fingerprint density at radius 3 is 1.47 bits per heavy atom. The van der Waals surface area contributed by atoms with Crippen LogP contribution in [-0.2, 0) is 23.7 Å². The lowest BCUT2D eigenvalue weighted by atomic mass is 9.99. The molecule has 0 fully saturated rings. The van der Waals surface area contributed by atoms with Crippen LogP contribution in [0.2, 0.25) is 0 Å². The Morgan fingerprint density at radius 2 is 1.02 bits per heavy atom. The molecule has 0 radical (unpaired) electrons. The smallest absolute Gasteiger partial charge is 0.407 e.